The van der Waals surface area contributed by atoms with Crippen LogP contribution in [0.2, 0.25) is 0 Å². The van der Waals surface area contributed by atoms with E-state index in [9.17, 15) is 18.3 Å². The summed E-state index contributed by atoms with van der Waals surface area (Å²) in [6, 6.07) is 5.57. The number of alkyl halides is 3. The van der Waals surface area contributed by atoms with Gasteiger partial charge >= 0.3 is 6.18 Å². The predicted octanol–water partition coefficient (Wildman–Crippen LogP) is 5.41. The number of aromatic hydroxyl groups is 1. The number of phenolic OH excluding ortho intramolecular Hbond substituents is 1. The number of hydrogen-bond acceptors (Lipinski definition) is 4. The summed E-state index contributed by atoms with van der Waals surface area (Å²) in [6.45, 7) is 2.26. The zero-order valence-electron chi connectivity index (χ0n) is 16.5. The first-order chi connectivity index (χ1) is 14.2. The molecule has 5 rings (SSSR count). The van der Waals surface area contributed by atoms with E-state index in [1.165, 1.54) is 13.3 Å². The van der Waals surface area contributed by atoms with Gasteiger partial charge < -0.3 is 9.84 Å². The van der Waals surface area contributed by atoms with Gasteiger partial charge in [0.2, 0.25) is 0 Å². The predicted molar refractivity (Wildman–Crippen MR) is 105 cm³/mol. The summed E-state index contributed by atoms with van der Waals surface area (Å²) >= 11 is 0. The van der Waals surface area contributed by atoms with E-state index in [0.29, 0.717) is 22.5 Å². The van der Waals surface area contributed by atoms with Crippen LogP contribution in [0.4, 0.5) is 13.2 Å². The van der Waals surface area contributed by atoms with E-state index >= 15 is 0 Å². The van der Waals surface area contributed by atoms with Gasteiger partial charge in [0.1, 0.15) is 5.75 Å². The molecule has 2 fully saturated rings. The number of nitrogens with zero attached hydrogens (tertiary/aromatic N) is 3. The molecule has 2 aromatic heterocycles. The van der Waals surface area contributed by atoms with Crippen LogP contribution in [0.15, 0.2) is 30.5 Å². The maximum atomic E-state index is 13.0. The van der Waals surface area contributed by atoms with E-state index in [4.69, 9.17) is 4.74 Å². The Morgan fingerprint density at radius 3 is 2.70 bits per heavy atom. The minimum absolute atomic E-state index is 0.00275. The van der Waals surface area contributed by atoms with Crippen molar-refractivity contribution >= 4 is 11.0 Å². The summed E-state index contributed by atoms with van der Waals surface area (Å²) in [5, 5.41) is 15.8. The molecule has 8 heteroatoms. The number of rotatable bonds is 2. The van der Waals surface area contributed by atoms with Gasteiger partial charge in [0.05, 0.1) is 22.9 Å². The quantitative estimate of drug-likeness (QED) is 0.606. The van der Waals surface area contributed by atoms with Crippen molar-refractivity contribution in [3.05, 3.63) is 41.6 Å². The second kappa shape index (κ2) is 6.70. The first kappa shape index (κ1) is 19.4. The van der Waals surface area contributed by atoms with Gasteiger partial charge in [-0.05, 0) is 68.9 Å². The third-order valence-electron chi connectivity index (χ3n) is 6.39. The van der Waals surface area contributed by atoms with Gasteiger partial charge in [-0.2, -0.15) is 18.3 Å². The Morgan fingerprint density at radius 1 is 1.23 bits per heavy atom. The maximum Gasteiger partial charge on any atom is 0.416 e. The lowest BCUT2D eigenvalue weighted by Crippen LogP contribution is -2.46. The van der Waals surface area contributed by atoms with Gasteiger partial charge in [0.15, 0.2) is 5.65 Å². The molecule has 0 bridgehead atoms. The maximum absolute atomic E-state index is 13.0. The number of phenols is 1. The minimum Gasteiger partial charge on any atom is -0.507 e. The van der Waals surface area contributed by atoms with Crippen LogP contribution in [-0.2, 0) is 10.9 Å². The number of benzene rings is 1. The fourth-order valence-electron chi connectivity index (χ4n) is 4.66. The fourth-order valence-corrected chi connectivity index (χ4v) is 4.66. The normalized spacial score (nSPS) is 21.1. The molecule has 1 unspecified atom stereocenters. The van der Waals surface area contributed by atoms with Crippen molar-refractivity contribution in [3.8, 4) is 17.0 Å². The first-order valence-corrected chi connectivity index (χ1v) is 10.2. The van der Waals surface area contributed by atoms with Crippen molar-refractivity contribution in [3.63, 3.8) is 0 Å². The lowest BCUT2D eigenvalue weighted by molar-refractivity contribution is -0.141. The highest BCUT2D eigenvalue weighted by Crippen LogP contribution is 2.45. The van der Waals surface area contributed by atoms with Gasteiger partial charge in [0, 0.05) is 23.8 Å². The molecule has 2 aliphatic rings. The second-order valence-electron chi connectivity index (χ2n) is 8.44. The third-order valence-corrected chi connectivity index (χ3v) is 6.39. The molecule has 1 aliphatic heterocycles. The van der Waals surface area contributed by atoms with E-state index < -0.39 is 17.5 Å². The van der Waals surface area contributed by atoms with E-state index in [1.54, 1.807) is 6.07 Å². The molecule has 3 aromatic rings. The molecule has 1 atom stereocenters. The van der Waals surface area contributed by atoms with Crippen molar-refractivity contribution in [1.29, 1.82) is 0 Å². The van der Waals surface area contributed by atoms with Gasteiger partial charge in [-0.3, -0.25) is 4.68 Å². The molecule has 1 aliphatic carbocycles. The summed E-state index contributed by atoms with van der Waals surface area (Å²) < 4.78 is 47.0. The van der Waals surface area contributed by atoms with E-state index in [2.05, 4.69) is 10.1 Å². The monoisotopic (exact) mass is 417 g/mol. The van der Waals surface area contributed by atoms with Gasteiger partial charge in [0.25, 0.3) is 0 Å². The summed E-state index contributed by atoms with van der Waals surface area (Å²) in [6.07, 6.45) is 2.67. The molecule has 3 heterocycles. The summed E-state index contributed by atoms with van der Waals surface area (Å²) in [4.78, 5) is 4.54. The van der Waals surface area contributed by atoms with Crippen molar-refractivity contribution in [2.24, 2.45) is 0 Å². The molecule has 1 spiro atoms. The molecular weight excluding hydrogens is 395 g/mol. The van der Waals surface area contributed by atoms with Crippen LogP contribution in [-0.4, -0.2) is 32.1 Å². The van der Waals surface area contributed by atoms with Crippen LogP contribution >= 0.6 is 0 Å². The van der Waals surface area contributed by atoms with E-state index in [-0.39, 0.29) is 11.6 Å². The van der Waals surface area contributed by atoms with Crippen molar-refractivity contribution in [1.82, 2.24) is 14.8 Å². The topological polar surface area (TPSA) is 60.2 Å². The molecule has 1 saturated heterocycles. The van der Waals surface area contributed by atoms with E-state index in [1.807, 2.05) is 16.9 Å². The molecule has 0 radical (unpaired) electrons. The molecule has 30 heavy (non-hydrogen) atoms. The molecule has 1 aromatic carbocycles. The van der Waals surface area contributed by atoms with Crippen LogP contribution in [0.3, 0.4) is 0 Å². The Kier molecular flexibility index (Phi) is 4.32. The SMILES string of the molecule is Cc1cc(C(F)(F)F)cc(O)c1-c1ccc2cn(C3CCOC4(CCC4)C3)nc2n1. The first-order valence-electron chi connectivity index (χ1n) is 10.2. The highest BCUT2D eigenvalue weighted by Gasteiger charge is 2.43. The van der Waals surface area contributed by atoms with Crippen LogP contribution in [0, 0.1) is 6.92 Å². The molecule has 0 amide bonds. The molecule has 5 nitrogen and oxygen atoms in total. The number of fused-ring (bicyclic) bond motifs is 1. The van der Waals surface area contributed by atoms with Crippen LogP contribution < -0.4 is 0 Å². The largest absolute Gasteiger partial charge is 0.507 e. The van der Waals surface area contributed by atoms with Crippen LogP contribution in [0.1, 0.15) is 49.3 Å². The Hall–Kier alpha value is -2.61. The molecule has 1 N–H and O–H groups in total. The summed E-state index contributed by atoms with van der Waals surface area (Å²) in [7, 11) is 0. The average molecular weight is 417 g/mol. The fraction of sp³-hybridized carbons (Fsp3) is 0.455. The Balaban J connectivity index is 1.49. The number of pyridine rings is 1. The van der Waals surface area contributed by atoms with Gasteiger partial charge in [-0.25, -0.2) is 4.98 Å². The van der Waals surface area contributed by atoms with E-state index in [0.717, 1.165) is 49.8 Å². The lowest BCUT2D eigenvalue weighted by atomic mass is 9.74. The third kappa shape index (κ3) is 3.23. The Bertz CT molecular complexity index is 1100. The highest BCUT2D eigenvalue weighted by atomic mass is 19.4. The average Bonchev–Trinajstić information content (AvgIpc) is 3.09. The Labute approximate surface area is 171 Å². The van der Waals surface area contributed by atoms with Crippen molar-refractivity contribution in [2.75, 3.05) is 6.61 Å². The summed E-state index contributed by atoms with van der Waals surface area (Å²) in [5.74, 6) is -0.440. The zero-order valence-corrected chi connectivity index (χ0v) is 16.5. The molecular formula is C22H22F3N3O2. The number of hydrogen-bond donors (Lipinski definition) is 1. The van der Waals surface area contributed by atoms with Crippen molar-refractivity contribution in [2.45, 2.75) is 56.8 Å². The lowest BCUT2D eigenvalue weighted by Gasteiger charge is -2.47. The summed E-state index contributed by atoms with van der Waals surface area (Å²) in [5.41, 5.74) is 0.641. The van der Waals surface area contributed by atoms with Crippen molar-refractivity contribution < 1.29 is 23.0 Å². The standard InChI is InChI=1S/C22H22F3N3O2/c1-13-9-15(22(23,24)25)10-18(29)19(13)17-4-3-14-12-28(27-20(14)26-17)16-5-8-30-21(11-16)6-2-7-21/h3-4,9-10,12,16,29H,2,5-8,11H2,1H3. The second-order valence-corrected chi connectivity index (χ2v) is 8.44. The van der Waals surface area contributed by atoms with Crippen LogP contribution in [0.5, 0.6) is 5.75 Å². The number of aromatic nitrogens is 3. The molecule has 158 valence electrons. The number of aryl methyl sites for hydroxylation is 1. The zero-order chi connectivity index (χ0) is 21.1. The Morgan fingerprint density at radius 2 is 2.03 bits per heavy atom. The van der Waals surface area contributed by atoms with Gasteiger partial charge in [-0.1, -0.05) is 0 Å². The smallest absolute Gasteiger partial charge is 0.416 e. The van der Waals surface area contributed by atoms with Gasteiger partial charge in [-0.15, -0.1) is 0 Å². The molecule has 1 saturated carbocycles. The van der Waals surface area contributed by atoms with Crippen LogP contribution in [0.25, 0.3) is 22.3 Å². The highest BCUT2D eigenvalue weighted by molar-refractivity contribution is 5.80. The minimum atomic E-state index is -4.52. The number of ether oxygens (including phenoxy) is 1. The number of halogens is 3.